The number of pyridine rings is 1. The summed E-state index contributed by atoms with van der Waals surface area (Å²) in [5.74, 6) is 1.11. The van der Waals surface area contributed by atoms with Gasteiger partial charge in [0, 0.05) is 11.8 Å². The highest BCUT2D eigenvalue weighted by molar-refractivity contribution is 7.80. The lowest BCUT2D eigenvalue weighted by atomic mass is 10.2. The molecule has 1 aromatic heterocycles. The quantitative estimate of drug-likeness (QED) is 0.455. The highest BCUT2D eigenvalue weighted by Gasteiger charge is 2.01. The Bertz CT molecular complexity index is 659. The van der Waals surface area contributed by atoms with Crippen LogP contribution in [-0.4, -0.2) is 23.4 Å². The van der Waals surface area contributed by atoms with Gasteiger partial charge in [0.1, 0.15) is 11.6 Å². The molecule has 0 aliphatic rings. The Labute approximate surface area is 128 Å². The number of nitrogen functional groups attached to an aromatic ring is 1. The predicted octanol–water partition coefficient (Wildman–Crippen LogP) is 1.99. The number of nitrogens with one attached hydrogen (secondary N) is 2. The molecule has 21 heavy (non-hydrogen) atoms. The maximum absolute atomic E-state index is 5.71. The summed E-state index contributed by atoms with van der Waals surface area (Å²) in [6.07, 6.45) is 3.23. The van der Waals surface area contributed by atoms with Gasteiger partial charge in [0.2, 0.25) is 0 Å². The number of hydrogen-bond acceptors (Lipinski definition) is 5. The zero-order valence-electron chi connectivity index (χ0n) is 11.4. The van der Waals surface area contributed by atoms with Gasteiger partial charge in [-0.05, 0) is 36.5 Å². The van der Waals surface area contributed by atoms with Crippen LogP contribution in [0.2, 0.25) is 0 Å². The van der Waals surface area contributed by atoms with Crippen molar-refractivity contribution in [3.05, 3.63) is 48.2 Å². The van der Waals surface area contributed by atoms with Crippen LogP contribution in [0.25, 0.3) is 0 Å². The van der Waals surface area contributed by atoms with E-state index in [2.05, 4.69) is 20.8 Å². The van der Waals surface area contributed by atoms with E-state index in [4.69, 9.17) is 22.7 Å². The summed E-state index contributed by atoms with van der Waals surface area (Å²) >= 11 is 5.12. The average molecular weight is 301 g/mol. The molecule has 0 radical (unpaired) electrons. The van der Waals surface area contributed by atoms with E-state index in [1.807, 2.05) is 24.3 Å². The largest absolute Gasteiger partial charge is 0.496 e. The molecule has 0 saturated heterocycles. The summed E-state index contributed by atoms with van der Waals surface area (Å²) in [5, 5.41) is 7.29. The minimum absolute atomic E-state index is 0.320. The first kappa shape index (κ1) is 14.7. The minimum atomic E-state index is 0.320. The van der Waals surface area contributed by atoms with Crippen LogP contribution in [0.5, 0.6) is 5.75 Å². The fourth-order valence-corrected chi connectivity index (χ4v) is 1.77. The Morgan fingerprint density at radius 3 is 2.90 bits per heavy atom. The van der Waals surface area contributed by atoms with Gasteiger partial charge in [0.25, 0.3) is 0 Å². The molecule has 2 rings (SSSR count). The lowest BCUT2D eigenvalue weighted by molar-refractivity contribution is 0.414. The van der Waals surface area contributed by atoms with Crippen molar-refractivity contribution in [3.63, 3.8) is 0 Å². The molecular weight excluding hydrogens is 286 g/mol. The monoisotopic (exact) mass is 301 g/mol. The van der Waals surface area contributed by atoms with Crippen molar-refractivity contribution in [2.45, 2.75) is 0 Å². The summed E-state index contributed by atoms with van der Waals surface area (Å²) in [5.41, 5.74) is 9.89. The number of para-hydroxylation sites is 1. The van der Waals surface area contributed by atoms with Crippen molar-refractivity contribution in [2.24, 2.45) is 5.10 Å². The maximum atomic E-state index is 5.71. The van der Waals surface area contributed by atoms with Crippen molar-refractivity contribution in [3.8, 4) is 5.75 Å². The van der Waals surface area contributed by atoms with Gasteiger partial charge in [-0.25, -0.2) is 4.98 Å². The molecule has 7 heteroatoms. The second kappa shape index (κ2) is 7.20. The van der Waals surface area contributed by atoms with E-state index in [9.17, 15) is 0 Å². The third-order valence-corrected chi connectivity index (χ3v) is 2.79. The smallest absolute Gasteiger partial charge is 0.191 e. The van der Waals surface area contributed by atoms with E-state index in [0.29, 0.717) is 16.6 Å². The van der Waals surface area contributed by atoms with Crippen LogP contribution in [0.15, 0.2) is 47.7 Å². The van der Waals surface area contributed by atoms with E-state index in [-0.39, 0.29) is 0 Å². The molecule has 1 aromatic carbocycles. The Morgan fingerprint density at radius 2 is 2.14 bits per heavy atom. The van der Waals surface area contributed by atoms with Gasteiger partial charge < -0.3 is 15.8 Å². The third kappa shape index (κ3) is 4.15. The zero-order chi connectivity index (χ0) is 15.1. The van der Waals surface area contributed by atoms with Gasteiger partial charge in [-0.2, -0.15) is 5.10 Å². The SMILES string of the molecule is COc1ccccc1/C=N/NC(=S)Nc1cccnc1N. The molecule has 0 aliphatic carbocycles. The lowest BCUT2D eigenvalue weighted by Gasteiger charge is -2.08. The summed E-state index contributed by atoms with van der Waals surface area (Å²) in [4.78, 5) is 3.96. The van der Waals surface area contributed by atoms with Crippen LogP contribution in [0.3, 0.4) is 0 Å². The number of nitrogens with zero attached hydrogens (tertiary/aromatic N) is 2. The van der Waals surface area contributed by atoms with E-state index in [1.54, 1.807) is 31.7 Å². The van der Waals surface area contributed by atoms with Gasteiger partial charge in [-0.3, -0.25) is 5.43 Å². The second-order valence-corrected chi connectivity index (χ2v) is 4.41. The number of methoxy groups -OCH3 is 1. The third-order valence-electron chi connectivity index (χ3n) is 2.60. The number of nitrogens with two attached hydrogens (primary N) is 1. The number of rotatable bonds is 4. The first-order valence-corrected chi connectivity index (χ1v) is 6.55. The van der Waals surface area contributed by atoms with E-state index in [0.717, 1.165) is 11.3 Å². The van der Waals surface area contributed by atoms with E-state index >= 15 is 0 Å². The maximum Gasteiger partial charge on any atom is 0.191 e. The Kier molecular flexibility index (Phi) is 5.05. The van der Waals surface area contributed by atoms with Crippen molar-refractivity contribution >= 4 is 35.1 Å². The van der Waals surface area contributed by atoms with Gasteiger partial charge in [0.15, 0.2) is 5.11 Å². The Balaban J connectivity index is 1.95. The topological polar surface area (TPSA) is 84.6 Å². The molecule has 0 bridgehead atoms. The first-order valence-electron chi connectivity index (χ1n) is 6.14. The standard InChI is InChI=1S/C14H15N5OS/c1-20-12-7-3-2-5-10(12)9-17-19-14(21)18-11-6-4-8-16-13(11)15/h2-9H,1H3,(H2,15,16)(H2,18,19,21)/b17-9+. The number of benzene rings is 1. The number of ether oxygens (including phenoxy) is 1. The van der Waals surface area contributed by atoms with E-state index < -0.39 is 0 Å². The molecule has 0 saturated carbocycles. The molecule has 0 spiro atoms. The molecule has 4 N–H and O–H groups in total. The molecule has 0 unspecified atom stereocenters. The lowest BCUT2D eigenvalue weighted by Crippen LogP contribution is -2.24. The van der Waals surface area contributed by atoms with Crippen molar-refractivity contribution < 1.29 is 4.74 Å². The fraction of sp³-hybridized carbons (Fsp3) is 0.0714. The average Bonchev–Trinajstić information content (AvgIpc) is 2.50. The number of aromatic nitrogens is 1. The zero-order valence-corrected chi connectivity index (χ0v) is 12.2. The first-order chi connectivity index (χ1) is 10.2. The van der Waals surface area contributed by atoms with Crippen LogP contribution in [0.4, 0.5) is 11.5 Å². The van der Waals surface area contributed by atoms with Crippen LogP contribution in [0.1, 0.15) is 5.56 Å². The summed E-state index contributed by atoms with van der Waals surface area (Å²) in [7, 11) is 1.61. The molecule has 6 nitrogen and oxygen atoms in total. The molecule has 0 fully saturated rings. The van der Waals surface area contributed by atoms with Crippen LogP contribution >= 0.6 is 12.2 Å². The molecule has 2 aromatic rings. The number of thiocarbonyl (C=S) groups is 1. The summed E-state index contributed by atoms with van der Waals surface area (Å²) < 4.78 is 5.22. The summed E-state index contributed by atoms with van der Waals surface area (Å²) in [6, 6.07) is 11.1. The molecule has 108 valence electrons. The number of anilines is 2. The van der Waals surface area contributed by atoms with Gasteiger partial charge >= 0.3 is 0 Å². The van der Waals surface area contributed by atoms with Crippen molar-refractivity contribution in [1.82, 2.24) is 10.4 Å². The Morgan fingerprint density at radius 1 is 1.33 bits per heavy atom. The van der Waals surface area contributed by atoms with Crippen molar-refractivity contribution in [1.29, 1.82) is 0 Å². The second-order valence-electron chi connectivity index (χ2n) is 4.00. The molecule has 0 aliphatic heterocycles. The minimum Gasteiger partial charge on any atom is -0.496 e. The van der Waals surface area contributed by atoms with Crippen LogP contribution in [-0.2, 0) is 0 Å². The van der Waals surface area contributed by atoms with Gasteiger partial charge in [-0.1, -0.05) is 12.1 Å². The summed E-state index contributed by atoms with van der Waals surface area (Å²) in [6.45, 7) is 0. The van der Waals surface area contributed by atoms with Crippen LogP contribution < -0.4 is 21.2 Å². The van der Waals surface area contributed by atoms with Crippen LogP contribution in [0, 0.1) is 0 Å². The Hall–Kier alpha value is -2.67. The molecule has 0 atom stereocenters. The number of hydrazone groups is 1. The van der Waals surface area contributed by atoms with Gasteiger partial charge in [0.05, 0.1) is 19.0 Å². The fourth-order valence-electron chi connectivity index (χ4n) is 1.61. The highest BCUT2D eigenvalue weighted by atomic mass is 32.1. The molecular formula is C14H15N5OS. The van der Waals surface area contributed by atoms with Gasteiger partial charge in [-0.15, -0.1) is 0 Å². The van der Waals surface area contributed by atoms with E-state index in [1.165, 1.54) is 0 Å². The molecule has 1 heterocycles. The molecule has 0 amide bonds. The number of hydrogen-bond donors (Lipinski definition) is 3. The highest BCUT2D eigenvalue weighted by Crippen LogP contribution is 2.15. The normalized spacial score (nSPS) is 10.3. The van der Waals surface area contributed by atoms with Crippen molar-refractivity contribution in [2.75, 3.05) is 18.2 Å². The predicted molar refractivity (Wildman–Crippen MR) is 88.6 cm³/mol.